The summed E-state index contributed by atoms with van der Waals surface area (Å²) >= 11 is 0. The number of H-pyrrole nitrogens is 1. The molecule has 0 unspecified atom stereocenters. The number of nitrogens with zero attached hydrogens (tertiary/aromatic N) is 2. The number of aromatic amines is 1. The van der Waals surface area contributed by atoms with E-state index in [-0.39, 0.29) is 11.9 Å². The quantitative estimate of drug-likeness (QED) is 0.697. The molecule has 0 radical (unpaired) electrons. The molecule has 1 aliphatic rings. The van der Waals surface area contributed by atoms with Crippen molar-refractivity contribution in [2.24, 2.45) is 0 Å². The highest BCUT2D eigenvalue weighted by atomic mass is 16.5. The summed E-state index contributed by atoms with van der Waals surface area (Å²) in [5, 5.41) is 10.7. The lowest BCUT2D eigenvalue weighted by molar-refractivity contribution is 0.0940. The number of hydrogen-bond acceptors (Lipinski definition) is 4. The average Bonchev–Trinajstić information content (AvgIpc) is 3.37. The van der Waals surface area contributed by atoms with Crippen LogP contribution in [0, 0.1) is 13.8 Å². The molecule has 0 saturated carbocycles. The van der Waals surface area contributed by atoms with E-state index in [0.29, 0.717) is 0 Å². The van der Waals surface area contributed by atoms with Crippen LogP contribution in [-0.2, 0) is 0 Å². The topological polar surface area (TPSA) is 70.2 Å². The summed E-state index contributed by atoms with van der Waals surface area (Å²) in [4.78, 5) is 14.8. The van der Waals surface area contributed by atoms with E-state index in [4.69, 9.17) is 4.74 Å². The highest BCUT2D eigenvalue weighted by Gasteiger charge is 2.26. The normalized spacial score (nSPS) is 16.1. The fraction of sp³-hybridized carbons (Fsp3) is 0.304. The number of carbonyl (C=O) groups excluding carboxylic acids is 1. The van der Waals surface area contributed by atoms with E-state index in [9.17, 15) is 4.79 Å². The highest BCUT2D eigenvalue weighted by molar-refractivity contribution is 5.94. The van der Waals surface area contributed by atoms with Gasteiger partial charge in [-0.05, 0) is 62.2 Å². The minimum absolute atomic E-state index is 0.00963. The highest BCUT2D eigenvalue weighted by Crippen LogP contribution is 2.26. The molecule has 29 heavy (non-hydrogen) atoms. The van der Waals surface area contributed by atoms with Crippen LogP contribution in [0.3, 0.4) is 0 Å². The first-order chi connectivity index (χ1) is 14.0. The molecule has 1 amide bonds. The van der Waals surface area contributed by atoms with Gasteiger partial charge in [-0.1, -0.05) is 17.2 Å². The van der Waals surface area contributed by atoms with Crippen LogP contribution in [0.1, 0.15) is 27.9 Å². The Hall–Kier alpha value is -3.28. The number of aromatic nitrogens is 2. The summed E-state index contributed by atoms with van der Waals surface area (Å²) in [5.74, 6) is 1.72. The van der Waals surface area contributed by atoms with E-state index < -0.39 is 0 Å². The van der Waals surface area contributed by atoms with Crippen molar-refractivity contribution in [2.45, 2.75) is 26.3 Å². The molecular formula is C23H26N4O2. The van der Waals surface area contributed by atoms with Crippen molar-refractivity contribution in [3.63, 3.8) is 0 Å². The van der Waals surface area contributed by atoms with E-state index in [1.54, 1.807) is 7.11 Å². The number of nitrogens with one attached hydrogen (secondary N) is 2. The zero-order chi connectivity index (χ0) is 20.4. The van der Waals surface area contributed by atoms with E-state index in [0.717, 1.165) is 59.0 Å². The Balaban J connectivity index is 1.39. The van der Waals surface area contributed by atoms with Crippen LogP contribution in [0.15, 0.2) is 48.5 Å². The lowest BCUT2D eigenvalue weighted by Crippen LogP contribution is -2.37. The van der Waals surface area contributed by atoms with E-state index in [2.05, 4.69) is 32.5 Å². The van der Waals surface area contributed by atoms with Gasteiger partial charge in [0, 0.05) is 30.8 Å². The fourth-order valence-corrected chi connectivity index (χ4v) is 3.85. The maximum atomic E-state index is 12.6. The first-order valence-electron chi connectivity index (χ1n) is 9.86. The van der Waals surface area contributed by atoms with Gasteiger partial charge in [0.1, 0.15) is 5.75 Å². The van der Waals surface area contributed by atoms with Crippen LogP contribution in [-0.4, -0.2) is 42.3 Å². The Morgan fingerprint density at radius 1 is 1.14 bits per heavy atom. The van der Waals surface area contributed by atoms with E-state index in [1.165, 1.54) is 0 Å². The second-order valence-corrected chi connectivity index (χ2v) is 7.65. The molecule has 2 N–H and O–H groups in total. The Labute approximate surface area is 170 Å². The van der Waals surface area contributed by atoms with Crippen molar-refractivity contribution in [3.05, 3.63) is 65.2 Å². The molecule has 6 heteroatoms. The summed E-state index contributed by atoms with van der Waals surface area (Å²) in [5.41, 5.74) is 4.95. The molecule has 1 aliphatic heterocycles. The van der Waals surface area contributed by atoms with E-state index in [1.807, 2.05) is 50.2 Å². The van der Waals surface area contributed by atoms with Crippen LogP contribution in [0.2, 0.25) is 0 Å². The zero-order valence-corrected chi connectivity index (χ0v) is 17.0. The Bertz CT molecular complexity index is 990. The van der Waals surface area contributed by atoms with Crippen molar-refractivity contribution < 1.29 is 9.53 Å². The van der Waals surface area contributed by atoms with Gasteiger partial charge in [-0.2, -0.15) is 5.10 Å². The van der Waals surface area contributed by atoms with Gasteiger partial charge >= 0.3 is 0 Å². The van der Waals surface area contributed by atoms with Gasteiger partial charge in [0.15, 0.2) is 5.82 Å². The fourth-order valence-electron chi connectivity index (χ4n) is 3.85. The molecular weight excluding hydrogens is 364 g/mol. The van der Waals surface area contributed by atoms with E-state index >= 15 is 0 Å². The van der Waals surface area contributed by atoms with Crippen LogP contribution < -0.4 is 15.0 Å². The molecule has 2 heterocycles. The van der Waals surface area contributed by atoms with Gasteiger partial charge in [-0.15, -0.1) is 0 Å². The van der Waals surface area contributed by atoms with Gasteiger partial charge in [0.25, 0.3) is 5.91 Å². The number of amides is 1. The van der Waals surface area contributed by atoms with Gasteiger partial charge in [0.2, 0.25) is 0 Å². The molecule has 1 atom stereocenters. The van der Waals surface area contributed by atoms with Crippen molar-refractivity contribution >= 4 is 11.7 Å². The Morgan fingerprint density at radius 3 is 2.55 bits per heavy atom. The average molecular weight is 390 g/mol. The third kappa shape index (κ3) is 4.26. The minimum atomic E-state index is -0.00963. The van der Waals surface area contributed by atoms with Crippen molar-refractivity contribution in [2.75, 3.05) is 25.1 Å². The van der Waals surface area contributed by atoms with Crippen molar-refractivity contribution in [3.8, 4) is 17.0 Å². The molecule has 0 bridgehead atoms. The number of ether oxygens (including phenoxy) is 1. The largest absolute Gasteiger partial charge is 0.497 e. The van der Waals surface area contributed by atoms with Crippen molar-refractivity contribution in [1.29, 1.82) is 0 Å². The predicted molar refractivity (Wildman–Crippen MR) is 115 cm³/mol. The summed E-state index contributed by atoms with van der Waals surface area (Å²) in [7, 11) is 1.66. The van der Waals surface area contributed by atoms with Gasteiger partial charge in [-0.25, -0.2) is 0 Å². The number of rotatable bonds is 5. The molecule has 0 spiro atoms. The smallest absolute Gasteiger partial charge is 0.251 e. The third-order valence-corrected chi connectivity index (χ3v) is 5.30. The number of hydrogen-bond donors (Lipinski definition) is 2. The van der Waals surface area contributed by atoms with Crippen LogP contribution in [0.25, 0.3) is 11.3 Å². The monoisotopic (exact) mass is 390 g/mol. The predicted octanol–water partition coefficient (Wildman–Crippen LogP) is 3.71. The maximum absolute atomic E-state index is 12.6. The molecule has 1 fully saturated rings. The number of aryl methyl sites for hydroxylation is 2. The van der Waals surface area contributed by atoms with Crippen LogP contribution in [0.4, 0.5) is 5.82 Å². The second-order valence-electron chi connectivity index (χ2n) is 7.65. The molecule has 4 rings (SSSR count). The minimum Gasteiger partial charge on any atom is -0.497 e. The maximum Gasteiger partial charge on any atom is 0.251 e. The van der Waals surface area contributed by atoms with Gasteiger partial charge in [0.05, 0.1) is 12.8 Å². The Morgan fingerprint density at radius 2 is 1.86 bits per heavy atom. The van der Waals surface area contributed by atoms with Crippen molar-refractivity contribution in [1.82, 2.24) is 15.5 Å². The molecule has 6 nitrogen and oxygen atoms in total. The molecule has 150 valence electrons. The first kappa shape index (κ1) is 19.1. The standard InChI is InChI=1S/C23H26N4O2/c1-15-10-16(2)12-18(11-15)23(28)24-19-8-9-27(14-19)22-13-21(25-26-22)17-4-6-20(29-3)7-5-17/h4-7,10-13,19H,8-9,14H2,1-3H3,(H,24,28)(H,25,26)/t19-/m0/s1. The molecule has 3 aromatic rings. The second kappa shape index (κ2) is 7.99. The molecule has 1 saturated heterocycles. The number of carbonyl (C=O) groups is 1. The SMILES string of the molecule is COc1ccc(-c2cc(N3CC[C@H](NC(=O)c4cc(C)cc(C)c4)C3)n[nH]2)cc1. The number of benzene rings is 2. The number of anilines is 1. The molecule has 2 aromatic carbocycles. The lowest BCUT2D eigenvalue weighted by atomic mass is 10.1. The van der Waals surface area contributed by atoms with Gasteiger partial charge in [-0.3, -0.25) is 9.89 Å². The molecule has 1 aromatic heterocycles. The zero-order valence-electron chi connectivity index (χ0n) is 17.0. The Kier molecular flexibility index (Phi) is 5.25. The third-order valence-electron chi connectivity index (χ3n) is 5.30. The van der Waals surface area contributed by atoms with Crippen LogP contribution in [0.5, 0.6) is 5.75 Å². The first-order valence-corrected chi connectivity index (χ1v) is 9.86. The molecule has 0 aliphatic carbocycles. The summed E-state index contributed by atoms with van der Waals surface area (Å²) < 4.78 is 5.21. The lowest BCUT2D eigenvalue weighted by Gasteiger charge is -2.16. The number of methoxy groups -OCH3 is 1. The van der Waals surface area contributed by atoms with Crippen LogP contribution >= 0.6 is 0 Å². The summed E-state index contributed by atoms with van der Waals surface area (Å²) in [6, 6.07) is 16.0. The summed E-state index contributed by atoms with van der Waals surface area (Å²) in [6.07, 6.45) is 0.904. The summed E-state index contributed by atoms with van der Waals surface area (Å²) in [6.45, 7) is 5.65. The van der Waals surface area contributed by atoms with Gasteiger partial charge < -0.3 is 15.0 Å².